The van der Waals surface area contributed by atoms with Gasteiger partial charge in [-0.1, -0.05) is 22.6 Å². The molecule has 0 radical (unpaired) electrons. The van der Waals surface area contributed by atoms with Crippen molar-refractivity contribution in [1.29, 1.82) is 0 Å². The summed E-state index contributed by atoms with van der Waals surface area (Å²) in [6, 6.07) is 0. The molecular formula is C10H13IN5O4P. The van der Waals surface area contributed by atoms with Gasteiger partial charge < -0.3 is 20.1 Å². The molecule has 0 spiro atoms. The Bertz CT molecular complexity index is 813. The van der Waals surface area contributed by atoms with Crippen LogP contribution in [0.4, 0.5) is 5.95 Å². The molecule has 0 aliphatic heterocycles. The molecule has 11 heteroatoms. The lowest BCUT2D eigenvalue weighted by molar-refractivity contribution is 0.369. The van der Waals surface area contributed by atoms with E-state index in [2.05, 4.69) is 37.5 Å². The zero-order valence-corrected chi connectivity index (χ0v) is 13.8. The van der Waals surface area contributed by atoms with E-state index in [0.717, 1.165) is 0 Å². The summed E-state index contributed by atoms with van der Waals surface area (Å²) < 4.78 is 12.5. The highest BCUT2D eigenvalue weighted by molar-refractivity contribution is 14.1. The number of nitrogens with two attached hydrogens (primary N) is 1. The molecule has 1 aliphatic carbocycles. The van der Waals surface area contributed by atoms with E-state index in [1.165, 1.54) is 6.33 Å². The van der Waals surface area contributed by atoms with Crippen LogP contribution in [0.5, 0.6) is 0 Å². The molecule has 114 valence electrons. The topological polar surface area (TPSA) is 147 Å². The summed E-state index contributed by atoms with van der Waals surface area (Å²) in [5.74, 6) is -0.0463. The van der Waals surface area contributed by atoms with Crippen LogP contribution in [-0.2, 0) is 11.1 Å². The first-order valence-electron chi connectivity index (χ1n) is 6.12. The lowest BCUT2D eigenvalue weighted by Crippen LogP contribution is -2.16. The van der Waals surface area contributed by atoms with Crippen molar-refractivity contribution in [2.45, 2.75) is 16.4 Å². The molecule has 2 unspecified atom stereocenters. The van der Waals surface area contributed by atoms with Crippen molar-refractivity contribution in [3.05, 3.63) is 16.7 Å². The predicted octanol–water partition coefficient (Wildman–Crippen LogP) is 0.0732. The third-order valence-electron chi connectivity index (χ3n) is 3.54. The molecule has 0 amide bonds. The van der Waals surface area contributed by atoms with Crippen LogP contribution in [0.1, 0.15) is 6.42 Å². The number of aromatic amines is 1. The van der Waals surface area contributed by atoms with E-state index in [9.17, 15) is 9.36 Å². The number of aromatic nitrogens is 4. The zero-order chi connectivity index (χ0) is 15.4. The molecule has 1 fully saturated rings. The van der Waals surface area contributed by atoms with Gasteiger partial charge >= 0.3 is 7.60 Å². The fraction of sp³-hybridized carbons (Fsp3) is 0.500. The van der Waals surface area contributed by atoms with Crippen molar-refractivity contribution in [2.75, 3.05) is 11.9 Å². The number of nitrogens with zero attached hydrogens (tertiary/aromatic N) is 3. The van der Waals surface area contributed by atoms with Gasteiger partial charge in [0.15, 0.2) is 11.2 Å². The maximum atomic E-state index is 11.7. The van der Waals surface area contributed by atoms with E-state index < -0.39 is 13.2 Å². The van der Waals surface area contributed by atoms with Gasteiger partial charge in [-0.2, -0.15) is 4.98 Å². The number of imidazole rings is 1. The van der Waals surface area contributed by atoms with Gasteiger partial charge in [0, 0.05) is 9.97 Å². The van der Waals surface area contributed by atoms with E-state index >= 15 is 0 Å². The number of nitrogens with one attached hydrogen (secondary N) is 1. The van der Waals surface area contributed by atoms with Gasteiger partial charge in [0.05, 0.1) is 12.5 Å². The maximum Gasteiger partial charge on any atom is 0.325 e. The molecule has 2 aromatic heterocycles. The summed E-state index contributed by atoms with van der Waals surface area (Å²) in [7, 11) is -4.01. The highest BCUT2D eigenvalue weighted by Crippen LogP contribution is 2.58. The Morgan fingerprint density at radius 3 is 3.00 bits per heavy atom. The summed E-state index contributed by atoms with van der Waals surface area (Å²) in [4.78, 5) is 40.2. The fourth-order valence-corrected chi connectivity index (χ4v) is 4.95. The van der Waals surface area contributed by atoms with Crippen LogP contribution in [0.3, 0.4) is 0 Å². The second kappa shape index (κ2) is 4.77. The quantitative estimate of drug-likeness (QED) is 0.308. The number of hydrogen-bond acceptors (Lipinski definition) is 5. The van der Waals surface area contributed by atoms with Gasteiger partial charge in [-0.15, -0.1) is 0 Å². The molecule has 2 atom stereocenters. The van der Waals surface area contributed by atoms with Crippen LogP contribution in [-0.4, -0.2) is 38.9 Å². The number of anilines is 1. The second-order valence-electron chi connectivity index (χ2n) is 5.28. The van der Waals surface area contributed by atoms with Crippen LogP contribution >= 0.6 is 30.2 Å². The predicted molar refractivity (Wildman–Crippen MR) is 84.3 cm³/mol. The lowest BCUT2D eigenvalue weighted by atomic mass is 10.3. The zero-order valence-electron chi connectivity index (χ0n) is 10.7. The Labute approximate surface area is 132 Å². The molecule has 2 heterocycles. The Morgan fingerprint density at radius 1 is 1.62 bits per heavy atom. The first kappa shape index (κ1) is 14.9. The van der Waals surface area contributed by atoms with Crippen molar-refractivity contribution < 1.29 is 14.4 Å². The van der Waals surface area contributed by atoms with E-state index in [-0.39, 0.29) is 27.0 Å². The number of hydrogen-bond donors (Lipinski definition) is 4. The average molecular weight is 425 g/mol. The van der Waals surface area contributed by atoms with Crippen LogP contribution in [0.2, 0.25) is 0 Å². The molecule has 0 aromatic carbocycles. The SMILES string of the molecule is Nc1nc2c(ncn2CC2(I)CC2CP(=O)(O)O)c(=O)[nH]1. The number of fused-ring (bicyclic) bond motifs is 1. The third kappa shape index (κ3) is 2.98. The number of rotatable bonds is 4. The Hall–Kier alpha value is -0.970. The number of alkyl halides is 1. The first-order chi connectivity index (χ1) is 9.68. The van der Waals surface area contributed by atoms with Gasteiger partial charge in [0.1, 0.15) is 0 Å². The van der Waals surface area contributed by atoms with Crippen molar-refractivity contribution in [1.82, 2.24) is 19.5 Å². The summed E-state index contributed by atoms with van der Waals surface area (Å²) in [6.07, 6.45) is 2.08. The molecule has 3 rings (SSSR count). The molecule has 0 bridgehead atoms. The Balaban J connectivity index is 1.87. The largest absolute Gasteiger partial charge is 0.369 e. The fourth-order valence-electron chi connectivity index (χ4n) is 2.43. The molecule has 5 N–H and O–H groups in total. The first-order valence-corrected chi connectivity index (χ1v) is 9.00. The minimum absolute atomic E-state index is 0.0133. The third-order valence-corrected chi connectivity index (χ3v) is 6.12. The summed E-state index contributed by atoms with van der Waals surface area (Å²) in [5.41, 5.74) is 5.72. The number of nitrogen functional groups attached to an aromatic ring is 1. The highest BCUT2D eigenvalue weighted by Gasteiger charge is 2.54. The van der Waals surface area contributed by atoms with Gasteiger partial charge in [0.25, 0.3) is 5.56 Å². The van der Waals surface area contributed by atoms with E-state index in [1.807, 2.05) is 0 Å². The average Bonchev–Trinajstić information content (AvgIpc) is 2.76. The van der Waals surface area contributed by atoms with Crippen LogP contribution < -0.4 is 11.3 Å². The van der Waals surface area contributed by atoms with Crippen molar-refractivity contribution in [3.8, 4) is 0 Å². The standard InChI is InChI=1S/C10H13IN5O4P/c11-10(1-5(10)2-21(18,19)20)3-16-4-13-6-7(16)14-9(12)15-8(6)17/h4-5H,1-3H2,(H2,18,19,20)(H3,12,14,15,17). The van der Waals surface area contributed by atoms with Crippen molar-refractivity contribution in [3.63, 3.8) is 0 Å². The van der Waals surface area contributed by atoms with Crippen LogP contribution in [0.25, 0.3) is 11.2 Å². The van der Waals surface area contributed by atoms with Gasteiger partial charge in [-0.3, -0.25) is 14.3 Å². The molecule has 1 aliphatic rings. The molecule has 1 saturated carbocycles. The van der Waals surface area contributed by atoms with E-state index in [0.29, 0.717) is 18.6 Å². The van der Waals surface area contributed by atoms with Gasteiger partial charge in [-0.05, 0) is 12.3 Å². The number of H-pyrrole nitrogens is 1. The Kier molecular flexibility index (Phi) is 3.39. The van der Waals surface area contributed by atoms with E-state index in [1.54, 1.807) is 4.57 Å². The van der Waals surface area contributed by atoms with Gasteiger partial charge in [0.2, 0.25) is 5.95 Å². The van der Waals surface area contributed by atoms with Crippen molar-refractivity contribution >= 4 is 47.3 Å². The summed E-state index contributed by atoms with van der Waals surface area (Å²) >= 11 is 2.20. The second-order valence-corrected chi connectivity index (χ2v) is 9.12. The maximum absolute atomic E-state index is 11.7. The minimum Gasteiger partial charge on any atom is -0.369 e. The molecular weight excluding hydrogens is 412 g/mol. The highest BCUT2D eigenvalue weighted by atomic mass is 127. The monoisotopic (exact) mass is 425 g/mol. The summed E-state index contributed by atoms with van der Waals surface area (Å²) in [6.45, 7) is 0.477. The summed E-state index contributed by atoms with van der Waals surface area (Å²) in [5, 5.41) is 0. The van der Waals surface area contributed by atoms with Crippen LogP contribution in [0.15, 0.2) is 11.1 Å². The van der Waals surface area contributed by atoms with E-state index in [4.69, 9.17) is 15.5 Å². The van der Waals surface area contributed by atoms with Gasteiger partial charge in [-0.25, -0.2) is 4.98 Å². The normalized spacial score (nSPS) is 25.4. The molecule has 2 aromatic rings. The molecule has 9 nitrogen and oxygen atoms in total. The van der Waals surface area contributed by atoms with Crippen molar-refractivity contribution in [2.24, 2.45) is 5.92 Å². The minimum atomic E-state index is -4.01. The smallest absolute Gasteiger partial charge is 0.325 e. The Morgan fingerprint density at radius 2 is 2.33 bits per heavy atom. The van der Waals surface area contributed by atoms with Crippen LogP contribution in [0, 0.1) is 5.92 Å². The lowest BCUT2D eigenvalue weighted by Gasteiger charge is -2.11. The molecule has 0 saturated heterocycles. The molecule has 21 heavy (non-hydrogen) atoms. The number of halogens is 1.